The van der Waals surface area contributed by atoms with Crippen molar-refractivity contribution in [1.29, 1.82) is 0 Å². The van der Waals surface area contributed by atoms with Gasteiger partial charge in [0.15, 0.2) is 5.78 Å². The van der Waals surface area contributed by atoms with E-state index in [1.165, 1.54) is 17.5 Å². The maximum Gasteiger partial charge on any atom is 0.189 e. The molecule has 2 heteroatoms. The first kappa shape index (κ1) is 15.2. The smallest absolute Gasteiger partial charge is 0.189 e. The van der Waals surface area contributed by atoms with E-state index in [2.05, 4.69) is 30.3 Å². The van der Waals surface area contributed by atoms with Crippen LogP contribution in [0.3, 0.4) is 0 Å². The normalized spacial score (nSPS) is 11.4. The molecule has 0 bridgehead atoms. The van der Waals surface area contributed by atoms with E-state index >= 15 is 0 Å². The number of hydrogen-bond acceptors (Lipinski definition) is 2. The van der Waals surface area contributed by atoms with Gasteiger partial charge in [-0.2, -0.15) is 0 Å². The summed E-state index contributed by atoms with van der Waals surface area (Å²) >= 11 is 0. The first-order valence-corrected chi connectivity index (χ1v) is 8.15. The Morgan fingerprint density at radius 3 is 2.20 bits per heavy atom. The molecule has 0 radical (unpaired) electrons. The van der Waals surface area contributed by atoms with Gasteiger partial charge in [0.1, 0.15) is 5.75 Å². The topological polar surface area (TPSA) is 37.3 Å². The fourth-order valence-electron chi connectivity index (χ4n) is 3.16. The van der Waals surface area contributed by atoms with Crippen LogP contribution in [0.15, 0.2) is 84.9 Å². The monoisotopic (exact) mass is 324 g/mol. The van der Waals surface area contributed by atoms with E-state index in [4.69, 9.17) is 0 Å². The third-order valence-corrected chi connectivity index (χ3v) is 4.38. The van der Waals surface area contributed by atoms with Crippen LogP contribution in [0.1, 0.15) is 15.9 Å². The van der Waals surface area contributed by atoms with Gasteiger partial charge in [0.25, 0.3) is 0 Å². The molecule has 4 rings (SSSR count). The summed E-state index contributed by atoms with van der Waals surface area (Å²) in [6.07, 6.45) is 3.34. The molecule has 120 valence electrons. The zero-order valence-corrected chi connectivity index (χ0v) is 13.5. The molecule has 0 aromatic heterocycles. The zero-order chi connectivity index (χ0) is 17.2. The van der Waals surface area contributed by atoms with Gasteiger partial charge in [-0.05, 0) is 51.4 Å². The number of allylic oxidation sites excluding steroid dienone is 1. The van der Waals surface area contributed by atoms with Crippen LogP contribution < -0.4 is 0 Å². The highest BCUT2D eigenvalue weighted by Gasteiger charge is 2.08. The minimum Gasteiger partial charge on any atom is -0.507 e. The van der Waals surface area contributed by atoms with Crippen molar-refractivity contribution in [3.63, 3.8) is 0 Å². The van der Waals surface area contributed by atoms with Gasteiger partial charge in [0.2, 0.25) is 0 Å². The molecular formula is C23H16O2. The van der Waals surface area contributed by atoms with Crippen LogP contribution in [0.4, 0.5) is 0 Å². The largest absolute Gasteiger partial charge is 0.507 e. The second-order valence-electron chi connectivity index (χ2n) is 5.95. The molecule has 4 aromatic rings. The van der Waals surface area contributed by atoms with Crippen LogP contribution in [0.2, 0.25) is 0 Å². The number of ketones is 1. The highest BCUT2D eigenvalue weighted by molar-refractivity contribution is 6.13. The summed E-state index contributed by atoms with van der Waals surface area (Å²) in [7, 11) is 0. The Bertz CT molecular complexity index is 1120. The highest BCUT2D eigenvalue weighted by Crippen LogP contribution is 2.29. The highest BCUT2D eigenvalue weighted by atomic mass is 16.3. The van der Waals surface area contributed by atoms with Gasteiger partial charge in [-0.15, -0.1) is 0 Å². The van der Waals surface area contributed by atoms with Crippen molar-refractivity contribution in [3.8, 4) is 5.75 Å². The molecule has 0 aliphatic heterocycles. The molecular weight excluding hydrogens is 308 g/mol. The minimum absolute atomic E-state index is 0.000481. The fourth-order valence-corrected chi connectivity index (χ4v) is 3.16. The molecule has 1 N–H and O–H groups in total. The van der Waals surface area contributed by atoms with Gasteiger partial charge in [-0.1, -0.05) is 66.7 Å². The molecule has 0 unspecified atom stereocenters. The summed E-state index contributed by atoms with van der Waals surface area (Å²) < 4.78 is 0. The Balaban J connectivity index is 1.83. The summed E-state index contributed by atoms with van der Waals surface area (Å²) in [6, 6.07) is 25.1. The van der Waals surface area contributed by atoms with Crippen molar-refractivity contribution < 1.29 is 9.90 Å². The number of phenolic OH excluding ortho intramolecular Hbond substituents is 1. The fraction of sp³-hybridized carbons (Fsp3) is 0. The summed E-state index contributed by atoms with van der Waals surface area (Å²) in [4.78, 5) is 12.4. The summed E-state index contributed by atoms with van der Waals surface area (Å²) in [5.41, 5.74) is 1.29. The summed E-state index contributed by atoms with van der Waals surface area (Å²) in [5, 5.41) is 14.4. The Morgan fingerprint density at radius 2 is 1.40 bits per heavy atom. The van der Waals surface area contributed by atoms with Crippen LogP contribution in [0.5, 0.6) is 5.75 Å². The number of hydrogen-bond donors (Lipinski definition) is 1. The molecule has 0 spiro atoms. The van der Waals surface area contributed by atoms with E-state index in [0.717, 1.165) is 21.7 Å². The van der Waals surface area contributed by atoms with Crippen LogP contribution in [-0.2, 0) is 0 Å². The van der Waals surface area contributed by atoms with E-state index in [1.54, 1.807) is 18.2 Å². The van der Waals surface area contributed by atoms with E-state index in [0.29, 0.717) is 5.56 Å². The van der Waals surface area contributed by atoms with E-state index in [-0.39, 0.29) is 11.5 Å². The summed E-state index contributed by atoms with van der Waals surface area (Å²) in [5.74, 6) is -0.212. The third-order valence-electron chi connectivity index (χ3n) is 4.38. The molecule has 4 aromatic carbocycles. The van der Waals surface area contributed by atoms with Gasteiger partial charge in [0.05, 0.1) is 5.56 Å². The number of para-hydroxylation sites is 1. The summed E-state index contributed by atoms with van der Waals surface area (Å²) in [6.45, 7) is 0. The second-order valence-corrected chi connectivity index (χ2v) is 5.95. The van der Waals surface area contributed by atoms with Crippen molar-refractivity contribution in [2.45, 2.75) is 0 Å². The van der Waals surface area contributed by atoms with Crippen LogP contribution in [0, 0.1) is 0 Å². The van der Waals surface area contributed by atoms with Gasteiger partial charge in [0, 0.05) is 0 Å². The average Bonchev–Trinajstić information content (AvgIpc) is 2.66. The quantitative estimate of drug-likeness (QED) is 0.303. The first-order valence-electron chi connectivity index (χ1n) is 8.15. The van der Waals surface area contributed by atoms with Crippen molar-refractivity contribution in [2.24, 2.45) is 0 Å². The number of aromatic hydroxyl groups is 1. The SMILES string of the molecule is O=C(/C=C/c1cc2ccccc2c2ccccc12)c1ccccc1O. The Kier molecular flexibility index (Phi) is 3.79. The zero-order valence-electron chi connectivity index (χ0n) is 13.5. The Morgan fingerprint density at radius 1 is 0.760 bits per heavy atom. The molecule has 0 heterocycles. The molecule has 0 fully saturated rings. The number of carbonyl (C=O) groups excluding carboxylic acids is 1. The van der Waals surface area contributed by atoms with Gasteiger partial charge in [-0.25, -0.2) is 0 Å². The number of phenols is 1. The number of benzene rings is 4. The number of rotatable bonds is 3. The maximum atomic E-state index is 12.4. The average molecular weight is 324 g/mol. The second kappa shape index (κ2) is 6.25. The van der Waals surface area contributed by atoms with Crippen molar-refractivity contribution >= 4 is 33.4 Å². The minimum atomic E-state index is -0.213. The Labute approximate surface area is 145 Å². The van der Waals surface area contributed by atoms with Gasteiger partial charge in [-0.3, -0.25) is 4.79 Å². The predicted molar refractivity (Wildman–Crippen MR) is 103 cm³/mol. The number of carbonyl (C=O) groups is 1. The molecule has 25 heavy (non-hydrogen) atoms. The molecule has 0 saturated carbocycles. The standard InChI is InChI=1S/C23H16O2/c24-22-12-6-5-11-21(22)23(25)14-13-17-15-16-7-1-2-8-18(16)20-10-4-3-9-19(17)20/h1-15,24H/b14-13+. The lowest BCUT2D eigenvalue weighted by Crippen LogP contribution is -1.94. The van der Waals surface area contributed by atoms with Gasteiger partial charge >= 0.3 is 0 Å². The van der Waals surface area contributed by atoms with Crippen molar-refractivity contribution in [3.05, 3.63) is 96.1 Å². The molecule has 0 amide bonds. The molecule has 0 aliphatic carbocycles. The number of fused-ring (bicyclic) bond motifs is 3. The van der Waals surface area contributed by atoms with Gasteiger partial charge < -0.3 is 5.11 Å². The lowest BCUT2D eigenvalue weighted by molar-refractivity contribution is 0.104. The molecule has 0 atom stereocenters. The lowest BCUT2D eigenvalue weighted by atomic mass is 9.96. The van der Waals surface area contributed by atoms with Crippen LogP contribution in [-0.4, -0.2) is 10.9 Å². The van der Waals surface area contributed by atoms with Crippen molar-refractivity contribution in [1.82, 2.24) is 0 Å². The van der Waals surface area contributed by atoms with E-state index in [1.807, 2.05) is 30.3 Å². The Hall–Kier alpha value is -3.39. The van der Waals surface area contributed by atoms with Crippen LogP contribution in [0.25, 0.3) is 27.6 Å². The molecule has 0 saturated heterocycles. The van der Waals surface area contributed by atoms with Crippen molar-refractivity contribution in [2.75, 3.05) is 0 Å². The predicted octanol–water partition coefficient (Wildman–Crippen LogP) is 5.59. The first-order chi connectivity index (χ1) is 12.2. The lowest BCUT2D eigenvalue weighted by Gasteiger charge is -2.07. The van der Waals surface area contributed by atoms with Crippen LogP contribution >= 0.6 is 0 Å². The third kappa shape index (κ3) is 2.79. The molecule has 0 aliphatic rings. The van der Waals surface area contributed by atoms with E-state index in [9.17, 15) is 9.90 Å². The maximum absolute atomic E-state index is 12.4. The molecule has 2 nitrogen and oxygen atoms in total. The van der Waals surface area contributed by atoms with E-state index < -0.39 is 0 Å².